The Hall–Kier alpha value is -1.15. The van der Waals surface area contributed by atoms with E-state index in [0.717, 1.165) is 2.88 Å². The van der Waals surface area contributed by atoms with Gasteiger partial charge in [0.05, 0.1) is 14.1 Å². The van der Waals surface area contributed by atoms with E-state index < -0.39 is 5.82 Å². The molecule has 0 aliphatic carbocycles. The Balaban J connectivity index is 2.15. The number of halogens is 2. The summed E-state index contributed by atoms with van der Waals surface area (Å²) >= 11 is 3.62. The number of carbonyl (C=O) groups excluding carboxylic acids is 1. The molecule has 3 nitrogen and oxygen atoms in total. The number of rotatable bonds is 2. The summed E-state index contributed by atoms with van der Waals surface area (Å²) in [5.74, 6) is -0.795. The van der Waals surface area contributed by atoms with Crippen molar-refractivity contribution in [3.63, 3.8) is 0 Å². The summed E-state index contributed by atoms with van der Waals surface area (Å²) in [7, 11) is 0. The Morgan fingerprint density at radius 1 is 1.41 bits per heavy atom. The van der Waals surface area contributed by atoms with Gasteiger partial charge in [-0.1, -0.05) is 0 Å². The number of anilines is 2. The average Bonchev–Trinajstić information content (AvgIpc) is 2.70. The Morgan fingerprint density at radius 3 is 2.76 bits per heavy atom. The number of benzene rings is 1. The number of thiophene rings is 1. The number of hydrogen-bond donors (Lipinski definition) is 2. The zero-order valence-corrected chi connectivity index (χ0v) is 11.5. The van der Waals surface area contributed by atoms with Gasteiger partial charge in [-0.2, -0.15) is 0 Å². The largest absolute Gasteiger partial charge is 0.396 e. The van der Waals surface area contributed by atoms with Crippen LogP contribution in [0.3, 0.4) is 0 Å². The van der Waals surface area contributed by atoms with Gasteiger partial charge < -0.3 is 11.1 Å². The average molecular weight is 362 g/mol. The van der Waals surface area contributed by atoms with Crippen LogP contribution in [0.4, 0.5) is 15.8 Å². The molecule has 0 radical (unpaired) electrons. The second-order valence-corrected chi connectivity index (χ2v) is 6.14. The van der Waals surface area contributed by atoms with Crippen LogP contribution in [0.25, 0.3) is 0 Å². The Kier molecular flexibility index (Phi) is 3.63. The fourth-order valence-electron chi connectivity index (χ4n) is 1.24. The fourth-order valence-corrected chi connectivity index (χ4v) is 2.56. The molecule has 0 saturated heterocycles. The monoisotopic (exact) mass is 362 g/mol. The van der Waals surface area contributed by atoms with E-state index in [-0.39, 0.29) is 11.6 Å². The minimum absolute atomic E-state index is 0.0630. The number of hydrogen-bond acceptors (Lipinski definition) is 3. The van der Waals surface area contributed by atoms with Gasteiger partial charge in [0.1, 0.15) is 5.82 Å². The summed E-state index contributed by atoms with van der Waals surface area (Å²) in [6, 6.07) is 5.95. The summed E-state index contributed by atoms with van der Waals surface area (Å²) in [6.45, 7) is 0. The van der Waals surface area contributed by atoms with Crippen LogP contribution in [0.15, 0.2) is 29.6 Å². The maximum absolute atomic E-state index is 13.2. The quantitative estimate of drug-likeness (QED) is 0.636. The van der Waals surface area contributed by atoms with E-state index in [0.29, 0.717) is 11.3 Å². The summed E-state index contributed by atoms with van der Waals surface area (Å²) in [5, 5.41) is 4.36. The molecule has 0 aliphatic rings. The van der Waals surface area contributed by atoms with Crippen molar-refractivity contribution in [1.82, 2.24) is 0 Å². The lowest BCUT2D eigenvalue weighted by Crippen LogP contribution is -2.11. The van der Waals surface area contributed by atoms with Crippen molar-refractivity contribution in [2.45, 2.75) is 0 Å². The zero-order valence-electron chi connectivity index (χ0n) is 8.54. The number of nitrogens with one attached hydrogen (secondary N) is 1. The van der Waals surface area contributed by atoms with Crippen molar-refractivity contribution >= 4 is 51.2 Å². The second-order valence-electron chi connectivity index (χ2n) is 3.33. The van der Waals surface area contributed by atoms with Gasteiger partial charge >= 0.3 is 0 Å². The predicted octanol–water partition coefficient (Wildman–Crippen LogP) is 3.33. The fraction of sp³-hybridized carbons (Fsp3) is 0. The van der Waals surface area contributed by atoms with Crippen molar-refractivity contribution in [3.05, 3.63) is 43.9 Å². The van der Waals surface area contributed by atoms with Crippen LogP contribution in [-0.4, -0.2) is 5.91 Å². The lowest BCUT2D eigenvalue weighted by atomic mass is 10.2. The minimum Gasteiger partial charge on any atom is -0.396 e. The molecule has 1 aromatic heterocycles. The molecule has 17 heavy (non-hydrogen) atoms. The lowest BCUT2D eigenvalue weighted by molar-refractivity contribution is 0.102. The molecule has 88 valence electrons. The van der Waals surface area contributed by atoms with Gasteiger partial charge in [-0.05, 0) is 46.9 Å². The van der Waals surface area contributed by atoms with Crippen LogP contribution < -0.4 is 11.1 Å². The molecule has 2 rings (SSSR count). The minimum atomic E-state index is -0.539. The van der Waals surface area contributed by atoms with E-state index in [1.165, 1.54) is 23.5 Å². The van der Waals surface area contributed by atoms with E-state index in [1.807, 2.05) is 0 Å². The van der Waals surface area contributed by atoms with Crippen molar-refractivity contribution < 1.29 is 9.18 Å². The van der Waals surface area contributed by atoms with Crippen molar-refractivity contribution in [3.8, 4) is 0 Å². The highest BCUT2D eigenvalue weighted by molar-refractivity contribution is 14.1. The lowest BCUT2D eigenvalue weighted by Gasteiger charge is -2.04. The van der Waals surface area contributed by atoms with Gasteiger partial charge in [0.15, 0.2) is 0 Å². The van der Waals surface area contributed by atoms with Gasteiger partial charge in [-0.25, -0.2) is 4.39 Å². The highest BCUT2D eigenvalue weighted by Gasteiger charge is 2.09. The molecule has 0 atom stereocenters. The smallest absolute Gasteiger partial charge is 0.256 e. The summed E-state index contributed by atoms with van der Waals surface area (Å²) < 4.78 is 14.2. The van der Waals surface area contributed by atoms with Crippen molar-refractivity contribution in [2.24, 2.45) is 0 Å². The number of amides is 1. The molecule has 0 spiro atoms. The Morgan fingerprint density at radius 2 is 2.18 bits per heavy atom. The molecule has 3 N–H and O–H groups in total. The highest BCUT2D eigenvalue weighted by Crippen LogP contribution is 2.19. The summed E-state index contributed by atoms with van der Waals surface area (Å²) in [4.78, 5) is 11.8. The number of carbonyl (C=O) groups is 1. The third-order valence-electron chi connectivity index (χ3n) is 2.09. The van der Waals surface area contributed by atoms with E-state index in [1.54, 1.807) is 17.5 Å². The van der Waals surface area contributed by atoms with Crippen LogP contribution in [0.1, 0.15) is 10.4 Å². The normalized spacial score (nSPS) is 10.2. The summed E-state index contributed by atoms with van der Waals surface area (Å²) in [6.07, 6.45) is 0. The highest BCUT2D eigenvalue weighted by atomic mass is 127. The number of nitrogen functional groups attached to an aromatic ring is 1. The topological polar surface area (TPSA) is 55.1 Å². The van der Waals surface area contributed by atoms with Gasteiger partial charge in [-0.15, -0.1) is 11.3 Å². The third kappa shape index (κ3) is 2.95. The third-order valence-corrected chi connectivity index (χ3v) is 3.88. The maximum atomic E-state index is 13.2. The molecule has 0 unspecified atom stereocenters. The van der Waals surface area contributed by atoms with E-state index in [4.69, 9.17) is 5.73 Å². The first-order chi connectivity index (χ1) is 8.06. The van der Waals surface area contributed by atoms with E-state index in [9.17, 15) is 9.18 Å². The van der Waals surface area contributed by atoms with Crippen LogP contribution in [0, 0.1) is 8.70 Å². The van der Waals surface area contributed by atoms with Crippen LogP contribution >= 0.6 is 33.9 Å². The molecule has 6 heteroatoms. The molecule has 0 aliphatic heterocycles. The van der Waals surface area contributed by atoms with Crippen LogP contribution in [-0.2, 0) is 0 Å². The first-order valence-electron chi connectivity index (χ1n) is 4.66. The molecule has 1 amide bonds. The molecule has 0 bridgehead atoms. The Labute approximate surface area is 115 Å². The molecular weight excluding hydrogens is 354 g/mol. The molecule has 0 saturated carbocycles. The molecule has 1 heterocycles. The maximum Gasteiger partial charge on any atom is 0.256 e. The number of nitrogens with two attached hydrogens (primary N) is 1. The molecule has 0 fully saturated rings. The van der Waals surface area contributed by atoms with Gasteiger partial charge in [0, 0.05) is 11.1 Å². The van der Waals surface area contributed by atoms with Gasteiger partial charge in [0.25, 0.3) is 5.91 Å². The van der Waals surface area contributed by atoms with E-state index >= 15 is 0 Å². The summed E-state index contributed by atoms with van der Waals surface area (Å²) in [5.41, 5.74) is 6.37. The molecule has 1 aromatic carbocycles. The Bertz CT molecular complexity index is 570. The molecule has 2 aromatic rings. The van der Waals surface area contributed by atoms with Crippen molar-refractivity contribution in [2.75, 3.05) is 11.1 Å². The first kappa shape index (κ1) is 12.3. The van der Waals surface area contributed by atoms with Crippen LogP contribution in [0.2, 0.25) is 0 Å². The van der Waals surface area contributed by atoms with E-state index in [2.05, 4.69) is 27.9 Å². The van der Waals surface area contributed by atoms with Crippen molar-refractivity contribution in [1.29, 1.82) is 0 Å². The SMILES string of the molecule is Nc1ccc(NC(=O)c2csc(I)c2)cc1F. The van der Waals surface area contributed by atoms with Gasteiger partial charge in [0.2, 0.25) is 0 Å². The molecular formula is C11H8FIN2OS. The van der Waals surface area contributed by atoms with Gasteiger partial charge in [-0.3, -0.25) is 4.79 Å². The first-order valence-corrected chi connectivity index (χ1v) is 6.62. The second kappa shape index (κ2) is 5.01. The van der Waals surface area contributed by atoms with Crippen LogP contribution in [0.5, 0.6) is 0 Å². The zero-order chi connectivity index (χ0) is 12.4. The predicted molar refractivity (Wildman–Crippen MR) is 75.8 cm³/mol. The standard InChI is InChI=1S/C11H8FIN2OS/c12-8-4-7(1-2-9(8)14)15-11(16)6-3-10(13)17-5-6/h1-5H,14H2,(H,15,16).